The minimum atomic E-state index is -1.70. The molecular formula is C20H21BrCl2O10. The maximum absolute atomic E-state index is 12.1. The van der Waals surface area contributed by atoms with Crippen LogP contribution in [0.25, 0.3) is 0 Å². The first-order chi connectivity index (χ1) is 17.5. The summed E-state index contributed by atoms with van der Waals surface area (Å²) >= 11 is 15.7. The van der Waals surface area contributed by atoms with Crippen molar-refractivity contribution in [2.75, 3.05) is 6.61 Å². The Morgan fingerprint density at radius 1 is 0.909 bits per heavy atom. The molecule has 5 atom stereocenters. The zero-order valence-electron chi connectivity index (χ0n) is 20.8. The van der Waals surface area contributed by atoms with Crippen molar-refractivity contribution in [2.45, 2.75) is 58.3 Å². The Kier molecular flexibility index (Phi) is 7.71. The predicted octanol–water partition coefficient (Wildman–Crippen LogP) is 3.22. The summed E-state index contributed by atoms with van der Waals surface area (Å²) in [4.78, 5) is 47.8. The molecule has 0 saturated carbocycles. The van der Waals surface area contributed by atoms with Crippen molar-refractivity contribution in [3.63, 3.8) is 0 Å². The fraction of sp³-hybridized carbons (Fsp3) is 0.500. The van der Waals surface area contributed by atoms with Crippen LogP contribution in [0.2, 0.25) is 10.0 Å². The number of carbonyl (C=O) groups excluding carboxylic acids is 4. The molecule has 33 heavy (non-hydrogen) atoms. The molecule has 1 aromatic carbocycles. The van der Waals surface area contributed by atoms with Crippen LogP contribution in [0.5, 0.6) is 5.75 Å². The van der Waals surface area contributed by atoms with Crippen LogP contribution in [0.4, 0.5) is 0 Å². The molecule has 0 amide bonds. The standard InChI is InChI=1S/C20H21BrCl2O10/c1-8(24)28-7-15-17(29-9(2)25)18(30-10(3)26)19(31-11(4)27)20(32-15)33-16-13(22)5-12(21)6-14(16)23/h5-6,15,17-20H,7H2,1-4H3/t15-,17-,18+,19+,20?/m1/s1/i1D,2D,3D,4D. The summed E-state index contributed by atoms with van der Waals surface area (Å²) in [7, 11) is 0. The lowest BCUT2D eigenvalue weighted by atomic mass is 9.98. The van der Waals surface area contributed by atoms with Gasteiger partial charge in [0.05, 0.1) is 10.0 Å². The van der Waals surface area contributed by atoms with E-state index in [1.807, 2.05) is 0 Å². The molecule has 10 nitrogen and oxygen atoms in total. The normalized spacial score (nSPS) is 26.0. The molecule has 1 aromatic rings. The van der Waals surface area contributed by atoms with E-state index in [2.05, 4.69) is 15.9 Å². The molecule has 1 heterocycles. The van der Waals surface area contributed by atoms with Gasteiger partial charge < -0.3 is 28.4 Å². The number of hydrogen-bond donors (Lipinski definition) is 0. The average Bonchev–Trinajstić information content (AvgIpc) is 2.87. The fourth-order valence-electron chi connectivity index (χ4n) is 2.90. The second kappa shape index (κ2) is 11.9. The molecule has 2 rings (SSSR count). The number of hydrogen-bond acceptors (Lipinski definition) is 10. The van der Waals surface area contributed by atoms with Crippen molar-refractivity contribution in [1.82, 2.24) is 0 Å². The summed E-state index contributed by atoms with van der Waals surface area (Å²) in [5, 5.41) is -0.0126. The first-order valence-corrected chi connectivity index (χ1v) is 10.5. The molecule has 0 spiro atoms. The van der Waals surface area contributed by atoms with E-state index in [0.29, 0.717) is 4.47 Å². The third-order valence-corrected chi connectivity index (χ3v) is 5.02. The summed E-state index contributed by atoms with van der Waals surface area (Å²) in [5.41, 5.74) is 0. The highest BCUT2D eigenvalue weighted by molar-refractivity contribution is 9.10. The monoisotopic (exact) mass is 574 g/mol. The van der Waals surface area contributed by atoms with Crippen molar-refractivity contribution in [1.29, 1.82) is 0 Å². The van der Waals surface area contributed by atoms with Gasteiger partial charge in [-0.25, -0.2) is 0 Å². The molecule has 1 unspecified atom stereocenters. The van der Waals surface area contributed by atoms with Gasteiger partial charge in [-0.2, -0.15) is 0 Å². The number of halogens is 3. The highest BCUT2D eigenvalue weighted by Crippen LogP contribution is 2.39. The number of benzene rings is 1. The Morgan fingerprint density at radius 2 is 1.42 bits per heavy atom. The highest BCUT2D eigenvalue weighted by Gasteiger charge is 2.53. The molecule has 0 N–H and O–H groups in total. The number of rotatable bonds is 7. The third-order valence-electron chi connectivity index (χ3n) is 4.00. The van der Waals surface area contributed by atoms with E-state index in [-0.39, 0.29) is 15.8 Å². The predicted molar refractivity (Wildman–Crippen MR) is 117 cm³/mol. The zero-order chi connectivity index (χ0) is 27.7. The topological polar surface area (TPSA) is 124 Å². The van der Waals surface area contributed by atoms with Crippen molar-refractivity contribution in [3.05, 3.63) is 26.7 Å². The molecule has 1 aliphatic heterocycles. The van der Waals surface area contributed by atoms with Crippen LogP contribution in [0, 0.1) is 0 Å². The molecule has 1 fully saturated rings. The van der Waals surface area contributed by atoms with Gasteiger partial charge in [-0.3, -0.25) is 19.2 Å². The lowest BCUT2D eigenvalue weighted by Gasteiger charge is -2.44. The van der Waals surface area contributed by atoms with Gasteiger partial charge in [-0.15, -0.1) is 0 Å². The second-order valence-corrected chi connectivity index (χ2v) is 8.14. The lowest BCUT2D eigenvalue weighted by molar-refractivity contribution is -0.288. The molecule has 0 radical (unpaired) electrons. The summed E-state index contributed by atoms with van der Waals surface area (Å²) in [6.07, 6.45) is -8.13. The third kappa shape index (κ3) is 7.73. The second-order valence-electron chi connectivity index (χ2n) is 6.41. The van der Waals surface area contributed by atoms with E-state index < -0.39 is 88.8 Å². The minimum Gasteiger partial charge on any atom is -0.463 e. The average molecular weight is 576 g/mol. The maximum atomic E-state index is 12.1. The fourth-order valence-corrected chi connectivity index (χ4v) is 4.19. The van der Waals surface area contributed by atoms with Crippen molar-refractivity contribution in [2.24, 2.45) is 0 Å². The van der Waals surface area contributed by atoms with Crippen LogP contribution in [0.1, 0.15) is 33.1 Å². The highest BCUT2D eigenvalue weighted by atomic mass is 79.9. The number of ether oxygens (including phenoxy) is 6. The van der Waals surface area contributed by atoms with E-state index >= 15 is 0 Å². The molecule has 1 saturated heterocycles. The Hall–Kier alpha value is -2.08. The molecule has 0 bridgehead atoms. The van der Waals surface area contributed by atoms with E-state index in [9.17, 15) is 19.2 Å². The van der Waals surface area contributed by atoms with Crippen LogP contribution in [0.3, 0.4) is 0 Å². The van der Waals surface area contributed by atoms with Gasteiger partial charge in [-0.05, 0) is 12.1 Å². The molecule has 0 aliphatic carbocycles. The van der Waals surface area contributed by atoms with E-state index in [1.54, 1.807) is 0 Å². The van der Waals surface area contributed by atoms with Gasteiger partial charge in [0.15, 0.2) is 18.0 Å². The van der Waals surface area contributed by atoms with Crippen LogP contribution in [-0.4, -0.2) is 61.2 Å². The van der Waals surface area contributed by atoms with Crippen molar-refractivity contribution >= 4 is 63.0 Å². The first kappa shape index (κ1) is 21.5. The van der Waals surface area contributed by atoms with Gasteiger partial charge in [0, 0.05) is 37.6 Å². The molecular weight excluding hydrogens is 551 g/mol. The van der Waals surface area contributed by atoms with Gasteiger partial charge in [0.2, 0.25) is 12.4 Å². The van der Waals surface area contributed by atoms with Crippen molar-refractivity contribution < 1.29 is 53.1 Å². The Balaban J connectivity index is 2.58. The van der Waals surface area contributed by atoms with Gasteiger partial charge in [0.25, 0.3) is 0 Å². The van der Waals surface area contributed by atoms with Gasteiger partial charge >= 0.3 is 23.9 Å². The van der Waals surface area contributed by atoms with Crippen LogP contribution >= 0.6 is 39.1 Å². The Morgan fingerprint density at radius 3 is 1.97 bits per heavy atom. The summed E-state index contributed by atoms with van der Waals surface area (Å²) < 4.78 is 61.6. The van der Waals surface area contributed by atoms with E-state index in [1.165, 1.54) is 12.1 Å². The Bertz CT molecular complexity index is 981. The summed E-state index contributed by atoms with van der Waals surface area (Å²) in [5.74, 6) is -4.43. The molecule has 13 heteroatoms. The SMILES string of the molecule is [2H]CC(=O)OC[C@H]1OC(Oc2c(Cl)cc(Br)cc2Cl)[C@@H](OC(=O)C[2H])[C@@H](OC(=O)C[2H])[C@@H]1OC(=O)C[2H]. The molecule has 0 aromatic heterocycles. The van der Waals surface area contributed by atoms with Crippen LogP contribution < -0.4 is 4.74 Å². The van der Waals surface area contributed by atoms with E-state index in [0.717, 1.165) is 0 Å². The quantitative estimate of drug-likeness (QED) is 0.353. The van der Waals surface area contributed by atoms with Crippen molar-refractivity contribution in [3.8, 4) is 5.75 Å². The number of carbonyl (C=O) groups is 4. The lowest BCUT2D eigenvalue weighted by Crippen LogP contribution is -2.63. The van der Waals surface area contributed by atoms with Crippen LogP contribution in [0.15, 0.2) is 16.6 Å². The molecule has 1 aliphatic rings. The van der Waals surface area contributed by atoms with Gasteiger partial charge in [-0.1, -0.05) is 39.1 Å². The van der Waals surface area contributed by atoms with E-state index in [4.69, 9.17) is 57.1 Å². The summed E-state index contributed by atoms with van der Waals surface area (Å²) in [6.45, 7) is -3.96. The first-order valence-electron chi connectivity index (χ1n) is 11.7. The summed E-state index contributed by atoms with van der Waals surface area (Å²) in [6, 6.07) is 2.86. The zero-order valence-corrected chi connectivity index (χ0v) is 19.9. The maximum Gasteiger partial charge on any atom is 0.303 e. The van der Waals surface area contributed by atoms with Crippen LogP contribution in [-0.2, 0) is 42.9 Å². The molecule has 182 valence electrons. The minimum absolute atomic E-state index is 0.00631. The smallest absolute Gasteiger partial charge is 0.303 e. The largest absolute Gasteiger partial charge is 0.463 e. The number of esters is 4. The van der Waals surface area contributed by atoms with Gasteiger partial charge in [0.1, 0.15) is 12.7 Å². The Labute approximate surface area is 213 Å².